The summed E-state index contributed by atoms with van der Waals surface area (Å²) in [5.74, 6) is -1.16. The molecule has 1 unspecified atom stereocenters. The monoisotopic (exact) mass is 392 g/mol. The van der Waals surface area contributed by atoms with Crippen LogP contribution in [0.3, 0.4) is 0 Å². The van der Waals surface area contributed by atoms with Gasteiger partial charge < -0.3 is 15.6 Å². The van der Waals surface area contributed by atoms with E-state index in [2.05, 4.69) is 20.4 Å². The van der Waals surface area contributed by atoms with Gasteiger partial charge in [0.15, 0.2) is 5.82 Å². The number of aromatic nitrogens is 5. The molecular formula is C16H14ClFN6O3. The van der Waals surface area contributed by atoms with Crippen molar-refractivity contribution in [2.75, 3.05) is 0 Å². The van der Waals surface area contributed by atoms with Gasteiger partial charge in [0.05, 0.1) is 18.0 Å². The van der Waals surface area contributed by atoms with E-state index in [-0.39, 0.29) is 23.9 Å². The van der Waals surface area contributed by atoms with Crippen molar-refractivity contribution in [3.8, 4) is 23.0 Å². The van der Waals surface area contributed by atoms with Gasteiger partial charge in [-0.1, -0.05) is 11.6 Å². The highest BCUT2D eigenvalue weighted by Crippen LogP contribution is 2.25. The van der Waals surface area contributed by atoms with Gasteiger partial charge in [-0.05, 0) is 35.5 Å². The number of hydrogen-bond acceptors (Lipinski definition) is 7. The van der Waals surface area contributed by atoms with Crippen LogP contribution in [0.4, 0.5) is 4.39 Å². The maximum atomic E-state index is 13.7. The third-order valence-electron chi connectivity index (χ3n) is 3.39. The normalized spacial score (nSPS) is 12.0. The van der Waals surface area contributed by atoms with Crippen molar-refractivity contribution in [1.29, 1.82) is 0 Å². The van der Waals surface area contributed by atoms with Crippen LogP contribution in [-0.4, -0.2) is 42.3 Å². The van der Waals surface area contributed by atoms with Gasteiger partial charge in [-0.2, -0.15) is 4.80 Å². The van der Waals surface area contributed by atoms with Crippen LogP contribution in [0.25, 0.3) is 11.4 Å². The second kappa shape index (κ2) is 8.06. The fraction of sp³-hybridized carbons (Fsp3) is 0.188. The fourth-order valence-electron chi connectivity index (χ4n) is 2.20. The summed E-state index contributed by atoms with van der Waals surface area (Å²) in [5, 5.41) is 20.8. The molecule has 0 amide bonds. The number of aliphatic carboxylic acids is 1. The van der Waals surface area contributed by atoms with Gasteiger partial charge in [0.2, 0.25) is 5.82 Å². The highest BCUT2D eigenvalue weighted by molar-refractivity contribution is 6.30. The molecule has 0 aliphatic rings. The zero-order chi connectivity index (χ0) is 19.4. The molecule has 2 aromatic heterocycles. The van der Waals surface area contributed by atoms with Crippen molar-refractivity contribution < 1.29 is 19.0 Å². The molecule has 1 atom stereocenters. The smallest absolute Gasteiger partial charge is 0.304 e. The minimum Gasteiger partial charge on any atom is -0.481 e. The minimum atomic E-state index is -0.995. The largest absolute Gasteiger partial charge is 0.481 e. The molecule has 3 aromatic rings. The molecule has 0 fully saturated rings. The Labute approximate surface area is 157 Å². The number of carbonyl (C=O) groups is 1. The molecule has 3 rings (SSSR count). The van der Waals surface area contributed by atoms with Crippen LogP contribution in [0.5, 0.6) is 11.6 Å². The molecule has 2 heterocycles. The summed E-state index contributed by atoms with van der Waals surface area (Å²) in [5.41, 5.74) is 6.34. The van der Waals surface area contributed by atoms with Gasteiger partial charge >= 0.3 is 5.97 Å². The van der Waals surface area contributed by atoms with Crippen LogP contribution in [0, 0.1) is 5.82 Å². The van der Waals surface area contributed by atoms with Crippen LogP contribution in [0.2, 0.25) is 5.02 Å². The van der Waals surface area contributed by atoms with E-state index in [4.69, 9.17) is 27.2 Å². The minimum absolute atomic E-state index is 0.127. The lowest BCUT2D eigenvalue weighted by atomic mass is 10.2. The Morgan fingerprint density at radius 2 is 2.11 bits per heavy atom. The number of nitrogens with zero attached hydrogens (tertiary/aromatic N) is 5. The summed E-state index contributed by atoms with van der Waals surface area (Å²) in [6.07, 6.45) is 1.09. The van der Waals surface area contributed by atoms with E-state index in [9.17, 15) is 9.18 Å². The van der Waals surface area contributed by atoms with E-state index in [1.165, 1.54) is 11.0 Å². The molecule has 27 heavy (non-hydrogen) atoms. The molecule has 0 saturated carbocycles. The molecule has 0 aliphatic carbocycles. The second-order valence-electron chi connectivity index (χ2n) is 5.59. The number of tetrazole rings is 1. The molecule has 0 aliphatic heterocycles. The highest BCUT2D eigenvalue weighted by atomic mass is 35.5. The first kappa shape index (κ1) is 18.7. The van der Waals surface area contributed by atoms with Crippen molar-refractivity contribution in [1.82, 2.24) is 25.2 Å². The Balaban J connectivity index is 1.67. The van der Waals surface area contributed by atoms with Crippen LogP contribution >= 0.6 is 11.6 Å². The lowest BCUT2D eigenvalue weighted by Gasteiger charge is -2.06. The molecule has 9 nitrogen and oxygen atoms in total. The summed E-state index contributed by atoms with van der Waals surface area (Å²) in [4.78, 5) is 15.7. The van der Waals surface area contributed by atoms with Crippen molar-refractivity contribution in [2.24, 2.45) is 5.73 Å². The maximum Gasteiger partial charge on any atom is 0.304 e. The number of hydrogen-bond donors (Lipinski definition) is 2. The lowest BCUT2D eigenvalue weighted by molar-refractivity contribution is -0.137. The van der Waals surface area contributed by atoms with Crippen LogP contribution in [-0.2, 0) is 11.3 Å². The molecule has 11 heteroatoms. The average Bonchev–Trinajstić information content (AvgIpc) is 3.05. The van der Waals surface area contributed by atoms with Crippen LogP contribution in [0.1, 0.15) is 6.42 Å². The Bertz CT molecular complexity index is 950. The SMILES string of the molecule is NC(CC(=O)O)Cn1nnc(-c2ccc(Oc3ncc(Cl)cc3F)cc2)n1. The molecule has 1 aromatic carbocycles. The maximum absolute atomic E-state index is 13.7. The lowest BCUT2D eigenvalue weighted by Crippen LogP contribution is -2.30. The molecule has 140 valence electrons. The molecule has 3 N–H and O–H groups in total. The zero-order valence-corrected chi connectivity index (χ0v) is 14.5. The number of benzene rings is 1. The van der Waals surface area contributed by atoms with E-state index in [0.717, 1.165) is 6.07 Å². The van der Waals surface area contributed by atoms with E-state index in [0.29, 0.717) is 17.1 Å². The van der Waals surface area contributed by atoms with Crippen LogP contribution < -0.4 is 10.5 Å². The topological polar surface area (TPSA) is 129 Å². The quantitative estimate of drug-likeness (QED) is 0.625. The number of ether oxygens (including phenoxy) is 1. The zero-order valence-electron chi connectivity index (χ0n) is 13.8. The van der Waals surface area contributed by atoms with E-state index < -0.39 is 17.8 Å². The van der Waals surface area contributed by atoms with Crippen LogP contribution in [0.15, 0.2) is 36.5 Å². The van der Waals surface area contributed by atoms with Gasteiger partial charge in [-0.3, -0.25) is 4.79 Å². The fourth-order valence-corrected chi connectivity index (χ4v) is 2.34. The second-order valence-corrected chi connectivity index (χ2v) is 6.03. The number of carboxylic acids is 1. The first-order valence-electron chi connectivity index (χ1n) is 7.75. The van der Waals surface area contributed by atoms with Crippen molar-refractivity contribution >= 4 is 17.6 Å². The molecule has 0 spiro atoms. The van der Waals surface area contributed by atoms with Crippen molar-refractivity contribution in [3.63, 3.8) is 0 Å². The Kier molecular flexibility index (Phi) is 5.57. The first-order chi connectivity index (χ1) is 12.9. The summed E-state index contributed by atoms with van der Waals surface area (Å²) in [7, 11) is 0. The molecular weight excluding hydrogens is 379 g/mol. The molecule has 0 bridgehead atoms. The van der Waals surface area contributed by atoms with E-state index >= 15 is 0 Å². The molecule has 0 radical (unpaired) electrons. The third kappa shape index (κ3) is 4.96. The third-order valence-corrected chi connectivity index (χ3v) is 3.60. The van der Waals surface area contributed by atoms with Gasteiger partial charge in [0.1, 0.15) is 5.75 Å². The standard InChI is InChI=1S/C16H14ClFN6O3/c17-10-5-13(18)16(20-7-10)27-12-3-1-9(2-4-12)15-21-23-24(22-15)8-11(19)6-14(25)26/h1-5,7,11H,6,8,19H2,(H,25,26). The van der Waals surface area contributed by atoms with E-state index in [1.54, 1.807) is 24.3 Å². The summed E-state index contributed by atoms with van der Waals surface area (Å²) in [6.45, 7) is 0.127. The average molecular weight is 393 g/mol. The number of halogens is 2. The Morgan fingerprint density at radius 1 is 1.37 bits per heavy atom. The number of carboxylic acid groups (broad SMARTS) is 1. The first-order valence-corrected chi connectivity index (χ1v) is 8.13. The van der Waals surface area contributed by atoms with Crippen molar-refractivity contribution in [3.05, 3.63) is 47.4 Å². The van der Waals surface area contributed by atoms with Gasteiger partial charge in [-0.25, -0.2) is 9.37 Å². The predicted octanol–water partition coefficient (Wildman–Crippen LogP) is 2.12. The Hall–Kier alpha value is -3.11. The number of rotatable bonds is 7. The summed E-state index contributed by atoms with van der Waals surface area (Å²) >= 11 is 5.65. The Morgan fingerprint density at radius 3 is 2.78 bits per heavy atom. The van der Waals surface area contributed by atoms with Gasteiger partial charge in [0, 0.05) is 17.8 Å². The summed E-state index contributed by atoms with van der Waals surface area (Å²) < 4.78 is 19.1. The predicted molar refractivity (Wildman–Crippen MR) is 92.8 cm³/mol. The number of pyridine rings is 1. The van der Waals surface area contributed by atoms with E-state index in [1.807, 2.05) is 0 Å². The van der Waals surface area contributed by atoms with Gasteiger partial charge in [-0.15, -0.1) is 10.2 Å². The summed E-state index contributed by atoms with van der Waals surface area (Å²) in [6, 6.07) is 7.02. The van der Waals surface area contributed by atoms with Gasteiger partial charge in [0.25, 0.3) is 5.88 Å². The number of nitrogens with two attached hydrogens (primary N) is 1. The molecule has 0 saturated heterocycles. The van der Waals surface area contributed by atoms with Crippen molar-refractivity contribution in [2.45, 2.75) is 19.0 Å². The highest BCUT2D eigenvalue weighted by Gasteiger charge is 2.13.